The maximum Gasteiger partial charge on any atom is 0.333 e. The Morgan fingerprint density at radius 1 is 0.382 bits per heavy atom. The highest BCUT2D eigenvalue weighted by Crippen LogP contribution is 2.26. The number of carbonyl (C=O) groups is 4. The molecule has 0 saturated heterocycles. The molecule has 284 valence electrons. The Bertz CT molecular complexity index is 2310. The summed E-state index contributed by atoms with van der Waals surface area (Å²) in [5, 5.41) is 15.0. The fourth-order valence-electron chi connectivity index (χ4n) is 5.01. The van der Waals surface area contributed by atoms with Gasteiger partial charge in [-0.1, -0.05) is 65.7 Å². The molecule has 0 fully saturated rings. The molecule has 55 heavy (non-hydrogen) atoms. The van der Waals surface area contributed by atoms with Crippen molar-refractivity contribution in [1.82, 2.24) is 9.44 Å². The van der Waals surface area contributed by atoms with E-state index < -0.39 is 54.0 Å². The zero-order valence-electron chi connectivity index (χ0n) is 29.6. The molecule has 5 aromatic carbocycles. The number of hydrogen-bond acceptors (Lipinski definition) is 8. The van der Waals surface area contributed by atoms with E-state index in [1.54, 1.807) is 48.5 Å². The lowest BCUT2D eigenvalue weighted by molar-refractivity contribution is 0.255. The summed E-state index contributed by atoms with van der Waals surface area (Å²) in [6, 6.07) is 25.4. The molecule has 8 N–H and O–H groups in total. The normalized spacial score (nSPS) is 11.0. The van der Waals surface area contributed by atoms with Crippen molar-refractivity contribution >= 4 is 78.3 Å². The van der Waals surface area contributed by atoms with Crippen molar-refractivity contribution < 1.29 is 36.0 Å². The van der Waals surface area contributed by atoms with E-state index in [-0.39, 0.29) is 28.3 Å². The number of sulfonamides is 2. The third kappa shape index (κ3) is 10.6. The van der Waals surface area contributed by atoms with Gasteiger partial charge in [-0.15, -0.1) is 0 Å². The molecule has 0 atom stereocenters. The summed E-state index contributed by atoms with van der Waals surface area (Å²) in [4.78, 5) is 50.3. The molecule has 0 aromatic heterocycles. The second-order valence-electron chi connectivity index (χ2n) is 12.0. The lowest BCUT2D eigenvalue weighted by Crippen LogP contribution is -2.36. The minimum absolute atomic E-state index is 0.0753. The van der Waals surface area contributed by atoms with Crippen LogP contribution in [0.3, 0.4) is 0 Å². The fourth-order valence-corrected chi connectivity index (χ4v) is 7.15. The number of rotatable bonds is 10. The number of para-hydroxylation sites is 2. The van der Waals surface area contributed by atoms with Gasteiger partial charge in [0.05, 0.1) is 11.4 Å². The third-order valence-electron chi connectivity index (χ3n) is 7.75. The van der Waals surface area contributed by atoms with E-state index in [1.807, 2.05) is 23.3 Å². The summed E-state index contributed by atoms with van der Waals surface area (Å²) in [5.74, 6) is 0. The first-order valence-electron chi connectivity index (χ1n) is 16.3. The van der Waals surface area contributed by atoms with Crippen molar-refractivity contribution in [2.45, 2.75) is 30.6 Å². The minimum atomic E-state index is -4.53. The van der Waals surface area contributed by atoms with Crippen LogP contribution >= 0.6 is 0 Å². The van der Waals surface area contributed by atoms with E-state index in [1.165, 1.54) is 73.7 Å². The Morgan fingerprint density at radius 3 is 1.09 bits per heavy atom. The van der Waals surface area contributed by atoms with Crippen LogP contribution in [0, 0.1) is 20.8 Å². The molecule has 0 spiro atoms. The minimum Gasteiger partial charge on any atom is -0.308 e. The summed E-state index contributed by atoms with van der Waals surface area (Å²) in [6.45, 7) is 5.26. The van der Waals surface area contributed by atoms with Gasteiger partial charge in [0, 0.05) is 22.7 Å². The molecule has 8 amide bonds. The van der Waals surface area contributed by atoms with E-state index in [2.05, 4.69) is 31.9 Å². The SMILES string of the molecule is Cc1ccc(NC(=O)Nc2ccccc2S(=O)(=O)NC(=O)Nc2cccc(NC(=O)NS(=O)(=O)c3ccccc3NC(=O)Nc3ccc(C)cc3)c2C)cc1. The molecule has 5 rings (SSSR count). The Balaban J connectivity index is 1.21. The number of urea groups is 4. The van der Waals surface area contributed by atoms with Crippen molar-refractivity contribution in [2.24, 2.45) is 0 Å². The average Bonchev–Trinajstić information content (AvgIpc) is 3.12. The van der Waals surface area contributed by atoms with Gasteiger partial charge in [-0.2, -0.15) is 0 Å². The fraction of sp³-hybridized carbons (Fsp3) is 0.0811. The van der Waals surface area contributed by atoms with Crippen molar-refractivity contribution in [1.29, 1.82) is 0 Å². The van der Waals surface area contributed by atoms with Gasteiger partial charge in [-0.25, -0.2) is 45.5 Å². The van der Waals surface area contributed by atoms with Gasteiger partial charge in [0.25, 0.3) is 20.0 Å². The van der Waals surface area contributed by atoms with Gasteiger partial charge in [0.15, 0.2) is 0 Å². The van der Waals surface area contributed by atoms with E-state index in [9.17, 15) is 36.0 Å². The zero-order chi connectivity index (χ0) is 39.8. The van der Waals surface area contributed by atoms with E-state index in [0.717, 1.165) is 11.1 Å². The number of benzene rings is 5. The molecule has 0 radical (unpaired) electrons. The Kier molecular flexibility index (Phi) is 12.0. The first-order chi connectivity index (χ1) is 26.1. The Hall–Kier alpha value is -6.92. The van der Waals surface area contributed by atoms with Gasteiger partial charge >= 0.3 is 24.1 Å². The molecule has 0 aliphatic rings. The molecule has 0 bridgehead atoms. The predicted octanol–water partition coefficient (Wildman–Crippen LogP) is 6.92. The first kappa shape index (κ1) is 39.3. The summed E-state index contributed by atoms with van der Waals surface area (Å²) < 4.78 is 56.8. The molecule has 16 nitrogen and oxygen atoms in total. The van der Waals surface area contributed by atoms with Crippen LogP contribution in [0.4, 0.5) is 53.3 Å². The summed E-state index contributed by atoms with van der Waals surface area (Å²) in [5.41, 5.74) is 3.12. The number of aryl methyl sites for hydroxylation is 2. The first-order valence-corrected chi connectivity index (χ1v) is 19.3. The van der Waals surface area contributed by atoms with Gasteiger partial charge in [-0.05, 0) is 87.0 Å². The van der Waals surface area contributed by atoms with Crippen LogP contribution in [0.2, 0.25) is 0 Å². The molecule has 5 aromatic rings. The number of carbonyl (C=O) groups excluding carboxylic acids is 4. The van der Waals surface area contributed by atoms with Crippen LogP contribution in [0.1, 0.15) is 16.7 Å². The Morgan fingerprint density at radius 2 is 0.709 bits per heavy atom. The number of nitrogens with one attached hydrogen (secondary N) is 8. The van der Waals surface area contributed by atoms with Crippen LogP contribution in [0.5, 0.6) is 0 Å². The Labute approximate surface area is 317 Å². The molecular formula is C37H36N8O8S2. The van der Waals surface area contributed by atoms with Crippen molar-refractivity contribution in [3.63, 3.8) is 0 Å². The highest BCUT2D eigenvalue weighted by atomic mass is 32.2. The van der Waals surface area contributed by atoms with E-state index in [0.29, 0.717) is 11.4 Å². The average molecular weight is 785 g/mol. The summed E-state index contributed by atoms with van der Waals surface area (Å²) >= 11 is 0. The number of hydrogen-bond donors (Lipinski definition) is 8. The van der Waals surface area contributed by atoms with Crippen LogP contribution in [0.25, 0.3) is 0 Å². The lowest BCUT2D eigenvalue weighted by atomic mass is 10.1. The molecule has 18 heteroatoms. The molecule has 0 saturated carbocycles. The van der Waals surface area contributed by atoms with Crippen molar-refractivity contribution in [3.8, 4) is 0 Å². The highest BCUT2D eigenvalue weighted by molar-refractivity contribution is 7.90. The monoisotopic (exact) mass is 784 g/mol. The van der Waals surface area contributed by atoms with Crippen LogP contribution in [-0.4, -0.2) is 41.0 Å². The van der Waals surface area contributed by atoms with Gasteiger partial charge in [0.2, 0.25) is 0 Å². The number of anilines is 6. The zero-order valence-corrected chi connectivity index (χ0v) is 31.2. The van der Waals surface area contributed by atoms with Gasteiger partial charge in [0.1, 0.15) is 9.79 Å². The van der Waals surface area contributed by atoms with E-state index in [4.69, 9.17) is 0 Å². The van der Waals surface area contributed by atoms with Crippen LogP contribution in [-0.2, 0) is 20.0 Å². The third-order valence-corrected chi connectivity index (χ3v) is 10.5. The number of amides is 8. The van der Waals surface area contributed by atoms with Gasteiger partial charge < -0.3 is 31.9 Å². The second kappa shape index (κ2) is 16.8. The molecule has 0 unspecified atom stereocenters. The topological polar surface area (TPSA) is 233 Å². The quantitative estimate of drug-likeness (QED) is 0.0739. The molecule has 0 heterocycles. The van der Waals surface area contributed by atoms with Crippen LogP contribution < -0.4 is 41.3 Å². The van der Waals surface area contributed by atoms with Crippen LogP contribution in [0.15, 0.2) is 125 Å². The molecule has 0 aliphatic heterocycles. The smallest absolute Gasteiger partial charge is 0.308 e. The maximum absolute atomic E-state index is 13.3. The molecular weight excluding hydrogens is 749 g/mol. The lowest BCUT2D eigenvalue weighted by Gasteiger charge is -2.16. The van der Waals surface area contributed by atoms with Crippen molar-refractivity contribution in [2.75, 3.05) is 31.9 Å². The van der Waals surface area contributed by atoms with Crippen molar-refractivity contribution in [3.05, 3.63) is 132 Å². The molecule has 0 aliphatic carbocycles. The second-order valence-corrected chi connectivity index (χ2v) is 15.3. The maximum atomic E-state index is 13.3. The predicted molar refractivity (Wildman–Crippen MR) is 210 cm³/mol. The van der Waals surface area contributed by atoms with Gasteiger partial charge in [-0.3, -0.25) is 0 Å². The standard InChI is InChI=1S/C37H36N8O8S2/c1-23-15-19-26(20-16-23)38-34(46)42-30-9-4-6-13-32(30)54(50,51)44-36(48)40-28-11-8-12-29(25(28)3)41-37(49)45-55(52,53)33-14-7-5-10-31(33)43-35(47)39-27-21-17-24(2)18-22-27/h4-22H,1-3H3,(H2,38,42,46)(H2,39,43,47)(H2,40,44,48)(H2,41,45,49). The summed E-state index contributed by atoms with van der Waals surface area (Å²) in [7, 11) is -9.07. The van der Waals surface area contributed by atoms with E-state index >= 15 is 0 Å². The summed E-state index contributed by atoms with van der Waals surface area (Å²) in [6.07, 6.45) is 0. The highest BCUT2D eigenvalue weighted by Gasteiger charge is 2.25. The largest absolute Gasteiger partial charge is 0.333 e.